The minimum Gasteiger partial charge on any atom is -0.0801 e. The first kappa shape index (κ1) is 24.6. The van der Waals surface area contributed by atoms with Crippen molar-refractivity contribution in [3.8, 4) is 11.1 Å². The Balaban J connectivity index is 1.28. The lowest BCUT2D eigenvalue weighted by Crippen LogP contribution is -2.10. The van der Waals surface area contributed by atoms with E-state index in [1.807, 2.05) is 0 Å². The molecule has 0 saturated carbocycles. The van der Waals surface area contributed by atoms with Crippen molar-refractivity contribution >= 4 is 24.4 Å². The molecule has 39 heavy (non-hydrogen) atoms. The van der Waals surface area contributed by atoms with Crippen LogP contribution in [-0.4, -0.2) is 12.8 Å². The van der Waals surface area contributed by atoms with E-state index in [2.05, 4.69) is 124 Å². The smallest absolute Gasteiger partial charge is 0.000141 e. The molecule has 0 fully saturated rings. The van der Waals surface area contributed by atoms with Gasteiger partial charge in [-0.05, 0) is 117 Å². The summed E-state index contributed by atoms with van der Waals surface area (Å²) in [5, 5.41) is 1.52. The molecule has 0 aliphatic heterocycles. The largest absolute Gasteiger partial charge is 0.0801 e. The predicted octanol–water partition coefficient (Wildman–Crippen LogP) is 9.58. The summed E-state index contributed by atoms with van der Waals surface area (Å²) in [6.07, 6.45) is 18.0. The second-order valence-electron chi connectivity index (χ2n) is 11.4. The molecule has 1 heteroatoms. The summed E-state index contributed by atoms with van der Waals surface area (Å²) in [4.78, 5) is 0. The lowest BCUT2D eigenvalue weighted by Gasteiger charge is -2.24. The van der Waals surface area contributed by atoms with Crippen LogP contribution in [0.2, 0.25) is 0 Å². The van der Waals surface area contributed by atoms with Crippen LogP contribution in [0.5, 0.6) is 0 Å². The van der Waals surface area contributed by atoms with Crippen molar-refractivity contribution in [2.24, 2.45) is 5.92 Å². The molecule has 2 unspecified atom stereocenters. The number of rotatable bonds is 5. The molecule has 0 nitrogen and oxygen atoms in total. The second-order valence-corrected chi connectivity index (χ2v) is 13.6. The number of allylic oxidation sites excluding steroid dienone is 12. The summed E-state index contributed by atoms with van der Waals surface area (Å²) < 4.78 is 0. The zero-order chi connectivity index (χ0) is 26.5. The predicted molar refractivity (Wildman–Crippen MR) is 171 cm³/mol. The van der Waals surface area contributed by atoms with E-state index >= 15 is 0 Å². The minimum atomic E-state index is -0.404. The van der Waals surface area contributed by atoms with Gasteiger partial charge in [0, 0.05) is 0 Å². The Labute approximate surface area is 234 Å². The molecule has 0 heterocycles. The summed E-state index contributed by atoms with van der Waals surface area (Å²) in [5.74, 6) is 0.551. The van der Waals surface area contributed by atoms with Crippen molar-refractivity contribution in [3.63, 3.8) is 0 Å². The SMILES string of the molecule is Cc1ccc2c(c1-c1ccccc1P(C)C/C(=C1/C=CC=CC1)c1ccccc1)CC1=C2CC2=C1C(C)C=C2. The van der Waals surface area contributed by atoms with E-state index < -0.39 is 7.92 Å². The monoisotopic (exact) mass is 522 g/mol. The Hall–Kier alpha value is -3.47. The lowest BCUT2D eigenvalue weighted by molar-refractivity contribution is 0.880. The average Bonchev–Trinajstić information content (AvgIpc) is 3.63. The van der Waals surface area contributed by atoms with Crippen molar-refractivity contribution in [1.82, 2.24) is 0 Å². The van der Waals surface area contributed by atoms with E-state index in [0.29, 0.717) is 5.92 Å². The highest BCUT2D eigenvalue weighted by Crippen LogP contribution is 2.53. The van der Waals surface area contributed by atoms with Crippen LogP contribution >= 0.6 is 7.92 Å². The first-order chi connectivity index (χ1) is 19.1. The van der Waals surface area contributed by atoms with Gasteiger partial charge in [-0.2, -0.15) is 0 Å². The quantitative estimate of drug-likeness (QED) is 0.293. The molecule has 0 bridgehead atoms. The van der Waals surface area contributed by atoms with E-state index in [1.54, 1.807) is 27.9 Å². The topological polar surface area (TPSA) is 0 Å². The Morgan fingerprint density at radius 2 is 1.67 bits per heavy atom. The van der Waals surface area contributed by atoms with Gasteiger partial charge >= 0.3 is 0 Å². The van der Waals surface area contributed by atoms with Crippen molar-refractivity contribution in [2.45, 2.75) is 33.1 Å². The van der Waals surface area contributed by atoms with Crippen molar-refractivity contribution in [1.29, 1.82) is 0 Å². The number of aryl methyl sites for hydroxylation is 1. The fourth-order valence-corrected chi connectivity index (χ4v) is 9.13. The Bertz CT molecular complexity index is 1670. The van der Waals surface area contributed by atoms with Gasteiger partial charge in [0.1, 0.15) is 0 Å². The van der Waals surface area contributed by atoms with Crippen LogP contribution in [0.1, 0.15) is 42.0 Å². The molecule has 7 rings (SSSR count). The van der Waals surface area contributed by atoms with E-state index in [-0.39, 0.29) is 0 Å². The van der Waals surface area contributed by atoms with Crippen molar-refractivity contribution < 1.29 is 0 Å². The molecule has 0 radical (unpaired) electrons. The number of hydrogen-bond acceptors (Lipinski definition) is 0. The minimum absolute atomic E-state index is 0.404. The fourth-order valence-electron chi connectivity index (χ4n) is 7.16. The number of benzene rings is 3. The van der Waals surface area contributed by atoms with Gasteiger partial charge in [0.15, 0.2) is 0 Å². The highest BCUT2D eigenvalue weighted by atomic mass is 31.1. The maximum Gasteiger partial charge on any atom is -0.000141 e. The molecule has 3 aromatic carbocycles. The van der Waals surface area contributed by atoms with Gasteiger partial charge in [-0.15, -0.1) is 0 Å². The third-order valence-corrected chi connectivity index (χ3v) is 11.0. The van der Waals surface area contributed by atoms with Crippen LogP contribution in [0.25, 0.3) is 22.3 Å². The number of fused-ring (bicyclic) bond motifs is 3. The van der Waals surface area contributed by atoms with Crippen LogP contribution in [0.4, 0.5) is 0 Å². The molecule has 2 atom stereocenters. The van der Waals surface area contributed by atoms with Gasteiger partial charge in [0.25, 0.3) is 0 Å². The van der Waals surface area contributed by atoms with Gasteiger partial charge < -0.3 is 0 Å². The van der Waals surface area contributed by atoms with Crippen LogP contribution in [0.15, 0.2) is 125 Å². The first-order valence-corrected chi connectivity index (χ1v) is 16.2. The maximum absolute atomic E-state index is 2.49. The van der Waals surface area contributed by atoms with Crippen LogP contribution in [-0.2, 0) is 6.42 Å². The summed E-state index contributed by atoms with van der Waals surface area (Å²) in [6.45, 7) is 7.16. The van der Waals surface area contributed by atoms with Gasteiger partial charge in [-0.3, -0.25) is 0 Å². The van der Waals surface area contributed by atoms with E-state index in [1.165, 1.54) is 44.3 Å². The van der Waals surface area contributed by atoms with Crippen molar-refractivity contribution in [3.05, 3.63) is 148 Å². The summed E-state index contributed by atoms with van der Waals surface area (Å²) in [5.41, 5.74) is 18.1. The zero-order valence-electron chi connectivity index (χ0n) is 23.2. The summed E-state index contributed by atoms with van der Waals surface area (Å²) >= 11 is 0. The molecule has 4 aliphatic carbocycles. The molecular weight excluding hydrogens is 487 g/mol. The molecule has 3 aromatic rings. The third kappa shape index (κ3) is 4.18. The van der Waals surface area contributed by atoms with E-state index in [4.69, 9.17) is 0 Å². The van der Waals surface area contributed by atoms with Crippen molar-refractivity contribution in [2.75, 3.05) is 12.8 Å². The average molecular weight is 523 g/mol. The van der Waals surface area contributed by atoms with Gasteiger partial charge in [0.2, 0.25) is 0 Å². The maximum atomic E-state index is 2.49. The Kier molecular flexibility index (Phi) is 6.25. The molecule has 0 aromatic heterocycles. The first-order valence-electron chi connectivity index (χ1n) is 14.3. The molecule has 0 amide bonds. The molecular formula is C38H35P. The lowest BCUT2D eigenvalue weighted by atomic mass is 9.88. The van der Waals surface area contributed by atoms with E-state index in [0.717, 1.165) is 25.4 Å². The Morgan fingerprint density at radius 1 is 0.846 bits per heavy atom. The molecule has 4 aliphatic rings. The van der Waals surface area contributed by atoms with E-state index in [9.17, 15) is 0 Å². The third-order valence-electron chi connectivity index (χ3n) is 9.02. The van der Waals surface area contributed by atoms with Gasteiger partial charge in [-0.25, -0.2) is 0 Å². The van der Waals surface area contributed by atoms with Crippen LogP contribution < -0.4 is 5.30 Å². The number of hydrogen-bond donors (Lipinski definition) is 0. The fraction of sp³-hybridized carbons (Fsp3) is 0.211. The summed E-state index contributed by atoms with van der Waals surface area (Å²) in [7, 11) is -0.404. The molecule has 192 valence electrons. The highest BCUT2D eigenvalue weighted by molar-refractivity contribution is 7.65. The van der Waals surface area contributed by atoms with Gasteiger partial charge in [0.05, 0.1) is 0 Å². The van der Waals surface area contributed by atoms with Crippen LogP contribution in [0.3, 0.4) is 0 Å². The second kappa shape index (κ2) is 9.93. The highest BCUT2D eigenvalue weighted by Gasteiger charge is 2.36. The normalized spacial score (nSPS) is 20.9. The standard InChI is InChI=1S/C38H35P/c1-25-18-20-29-22-32-30-21-19-26(2)38(33(30)23-34(32)37(25)29)31-16-10-11-17-36(31)39(3)24-35(27-12-6-4-7-13-27)28-14-8-5-9-15-28/h4-14,16-21,25H,15,22-24H2,1-3H3/b35-28+. The van der Waals surface area contributed by atoms with Gasteiger partial charge in [-0.1, -0.05) is 118 Å². The van der Waals surface area contributed by atoms with Crippen LogP contribution in [0, 0.1) is 12.8 Å². The molecule has 0 spiro atoms. The summed E-state index contributed by atoms with van der Waals surface area (Å²) in [6, 6.07) is 25.1. The Morgan fingerprint density at radius 3 is 2.49 bits per heavy atom. The molecule has 0 N–H and O–H groups in total. The zero-order valence-corrected chi connectivity index (χ0v) is 24.1. The molecule has 0 saturated heterocycles.